The van der Waals surface area contributed by atoms with Crippen molar-refractivity contribution in [1.29, 1.82) is 0 Å². The maximum absolute atomic E-state index is 8.67. The molecule has 2 N–H and O–H groups in total. The second-order valence-electron chi connectivity index (χ2n) is 3.79. The molecule has 17 heavy (non-hydrogen) atoms. The second kappa shape index (κ2) is 7.92. The SMILES string of the molecule is CNCc1ccc(OCCCCO)c(OC)c1. The molecule has 0 saturated carbocycles. The van der Waals surface area contributed by atoms with Gasteiger partial charge in [-0.1, -0.05) is 6.07 Å². The molecule has 0 aliphatic heterocycles. The number of hydrogen-bond donors (Lipinski definition) is 2. The summed E-state index contributed by atoms with van der Waals surface area (Å²) in [6, 6.07) is 5.91. The zero-order chi connectivity index (χ0) is 12.5. The molecule has 0 radical (unpaired) electrons. The normalized spacial score (nSPS) is 10.3. The maximum atomic E-state index is 8.67. The lowest BCUT2D eigenvalue weighted by Crippen LogP contribution is -2.06. The van der Waals surface area contributed by atoms with Crippen LogP contribution in [0.1, 0.15) is 18.4 Å². The van der Waals surface area contributed by atoms with E-state index in [0.29, 0.717) is 6.61 Å². The number of benzene rings is 1. The number of unbranched alkanes of at least 4 members (excludes halogenated alkanes) is 1. The van der Waals surface area contributed by atoms with Crippen LogP contribution in [0, 0.1) is 0 Å². The third kappa shape index (κ3) is 4.63. The van der Waals surface area contributed by atoms with E-state index in [9.17, 15) is 0 Å². The van der Waals surface area contributed by atoms with Crippen LogP contribution < -0.4 is 14.8 Å². The van der Waals surface area contributed by atoms with Gasteiger partial charge in [0.15, 0.2) is 11.5 Å². The largest absolute Gasteiger partial charge is 0.493 e. The minimum atomic E-state index is 0.210. The monoisotopic (exact) mass is 239 g/mol. The molecule has 0 spiro atoms. The van der Waals surface area contributed by atoms with Crippen molar-refractivity contribution in [1.82, 2.24) is 5.32 Å². The van der Waals surface area contributed by atoms with Crippen molar-refractivity contribution in [3.05, 3.63) is 23.8 Å². The zero-order valence-corrected chi connectivity index (χ0v) is 10.5. The molecule has 96 valence electrons. The Balaban J connectivity index is 2.58. The molecule has 0 fully saturated rings. The summed E-state index contributed by atoms with van der Waals surface area (Å²) in [6.07, 6.45) is 1.61. The molecule has 1 rings (SSSR count). The van der Waals surface area contributed by atoms with Crippen LogP contribution >= 0.6 is 0 Å². The van der Waals surface area contributed by atoms with Gasteiger partial charge in [-0.05, 0) is 37.6 Å². The van der Waals surface area contributed by atoms with E-state index < -0.39 is 0 Å². The summed E-state index contributed by atoms with van der Waals surface area (Å²) in [6.45, 7) is 1.62. The van der Waals surface area contributed by atoms with Crippen molar-refractivity contribution in [3.8, 4) is 11.5 Å². The summed E-state index contributed by atoms with van der Waals surface area (Å²) in [5.41, 5.74) is 1.16. The number of rotatable bonds is 8. The Kier molecular flexibility index (Phi) is 6.43. The van der Waals surface area contributed by atoms with Gasteiger partial charge < -0.3 is 19.9 Å². The third-order valence-corrected chi connectivity index (χ3v) is 2.42. The topological polar surface area (TPSA) is 50.7 Å². The van der Waals surface area contributed by atoms with Crippen molar-refractivity contribution in [2.45, 2.75) is 19.4 Å². The van der Waals surface area contributed by atoms with Crippen LogP contribution in [0.3, 0.4) is 0 Å². The van der Waals surface area contributed by atoms with Crippen molar-refractivity contribution in [2.24, 2.45) is 0 Å². The molecule has 4 heteroatoms. The molecule has 0 heterocycles. The molecule has 0 aromatic heterocycles. The van der Waals surface area contributed by atoms with E-state index in [4.69, 9.17) is 14.6 Å². The number of aliphatic hydroxyl groups excluding tert-OH is 1. The summed E-state index contributed by atoms with van der Waals surface area (Å²) < 4.78 is 10.9. The second-order valence-corrected chi connectivity index (χ2v) is 3.79. The van der Waals surface area contributed by atoms with E-state index in [-0.39, 0.29) is 6.61 Å². The Morgan fingerprint density at radius 1 is 1.24 bits per heavy atom. The van der Waals surface area contributed by atoms with Gasteiger partial charge in [-0.25, -0.2) is 0 Å². The zero-order valence-electron chi connectivity index (χ0n) is 10.5. The molecule has 1 aromatic rings. The minimum Gasteiger partial charge on any atom is -0.493 e. The van der Waals surface area contributed by atoms with Crippen LogP contribution in [-0.2, 0) is 6.54 Å². The first kappa shape index (κ1) is 13.8. The maximum Gasteiger partial charge on any atom is 0.161 e. The minimum absolute atomic E-state index is 0.210. The first-order valence-electron chi connectivity index (χ1n) is 5.87. The van der Waals surface area contributed by atoms with Gasteiger partial charge in [-0.2, -0.15) is 0 Å². The number of methoxy groups -OCH3 is 1. The summed E-state index contributed by atoms with van der Waals surface area (Å²) in [7, 11) is 3.55. The van der Waals surface area contributed by atoms with Gasteiger partial charge in [0.2, 0.25) is 0 Å². The summed E-state index contributed by atoms with van der Waals surface area (Å²) in [5.74, 6) is 1.51. The molecule has 0 aliphatic rings. The molecule has 0 atom stereocenters. The predicted octanol–water partition coefficient (Wildman–Crippen LogP) is 1.57. The van der Waals surface area contributed by atoms with Gasteiger partial charge in [0.1, 0.15) is 0 Å². The van der Waals surface area contributed by atoms with Crippen LogP contribution in [0.2, 0.25) is 0 Å². The Hall–Kier alpha value is -1.26. The average Bonchev–Trinajstić information content (AvgIpc) is 2.36. The Morgan fingerprint density at radius 2 is 2.06 bits per heavy atom. The number of hydrogen-bond acceptors (Lipinski definition) is 4. The highest BCUT2D eigenvalue weighted by Gasteiger charge is 2.05. The molecule has 0 aliphatic carbocycles. The fraction of sp³-hybridized carbons (Fsp3) is 0.538. The molecule has 0 unspecified atom stereocenters. The Morgan fingerprint density at radius 3 is 2.71 bits per heavy atom. The summed E-state index contributed by atoms with van der Waals surface area (Å²) >= 11 is 0. The summed E-state index contributed by atoms with van der Waals surface area (Å²) in [4.78, 5) is 0. The van der Waals surface area contributed by atoms with Gasteiger partial charge in [0.05, 0.1) is 13.7 Å². The lowest BCUT2D eigenvalue weighted by molar-refractivity contribution is 0.247. The van der Waals surface area contributed by atoms with Gasteiger partial charge in [0.25, 0.3) is 0 Å². The molecular weight excluding hydrogens is 218 g/mol. The average molecular weight is 239 g/mol. The smallest absolute Gasteiger partial charge is 0.161 e. The van der Waals surface area contributed by atoms with Crippen LogP contribution in [0.4, 0.5) is 0 Å². The number of aliphatic hydroxyl groups is 1. The number of ether oxygens (including phenoxy) is 2. The van der Waals surface area contributed by atoms with Gasteiger partial charge in [-0.15, -0.1) is 0 Å². The van der Waals surface area contributed by atoms with Crippen molar-refractivity contribution < 1.29 is 14.6 Å². The first-order chi connectivity index (χ1) is 8.31. The van der Waals surface area contributed by atoms with Gasteiger partial charge in [0, 0.05) is 13.2 Å². The fourth-order valence-corrected chi connectivity index (χ4v) is 1.54. The van der Waals surface area contributed by atoms with Crippen molar-refractivity contribution in [2.75, 3.05) is 27.4 Å². The van der Waals surface area contributed by atoms with Crippen LogP contribution in [0.5, 0.6) is 11.5 Å². The van der Waals surface area contributed by atoms with Crippen LogP contribution in [0.15, 0.2) is 18.2 Å². The van der Waals surface area contributed by atoms with E-state index >= 15 is 0 Å². The quantitative estimate of drug-likeness (QED) is 0.676. The van der Waals surface area contributed by atoms with E-state index in [2.05, 4.69) is 5.32 Å². The lowest BCUT2D eigenvalue weighted by Gasteiger charge is -2.12. The molecule has 4 nitrogen and oxygen atoms in total. The van der Waals surface area contributed by atoms with Crippen molar-refractivity contribution >= 4 is 0 Å². The highest BCUT2D eigenvalue weighted by atomic mass is 16.5. The third-order valence-electron chi connectivity index (χ3n) is 2.42. The molecule has 0 amide bonds. The molecule has 0 bridgehead atoms. The summed E-state index contributed by atoms with van der Waals surface area (Å²) in [5, 5.41) is 11.8. The molecule has 1 aromatic carbocycles. The van der Waals surface area contributed by atoms with E-state index in [1.807, 2.05) is 25.2 Å². The van der Waals surface area contributed by atoms with E-state index in [1.165, 1.54) is 0 Å². The molecule has 0 saturated heterocycles. The predicted molar refractivity (Wildman–Crippen MR) is 67.6 cm³/mol. The van der Waals surface area contributed by atoms with Gasteiger partial charge in [-0.3, -0.25) is 0 Å². The Labute approximate surface area is 103 Å². The standard InChI is InChI=1S/C13H21NO3/c1-14-10-11-5-6-12(13(9-11)16-2)17-8-4-3-7-15/h5-6,9,14-15H,3-4,7-8,10H2,1-2H3. The fourth-order valence-electron chi connectivity index (χ4n) is 1.54. The highest BCUT2D eigenvalue weighted by molar-refractivity contribution is 5.42. The first-order valence-corrected chi connectivity index (χ1v) is 5.87. The number of nitrogens with one attached hydrogen (secondary N) is 1. The Bertz CT molecular complexity index is 328. The highest BCUT2D eigenvalue weighted by Crippen LogP contribution is 2.28. The van der Waals surface area contributed by atoms with E-state index in [0.717, 1.165) is 36.4 Å². The van der Waals surface area contributed by atoms with Gasteiger partial charge >= 0.3 is 0 Å². The molecular formula is C13H21NO3. The van der Waals surface area contributed by atoms with Crippen LogP contribution in [-0.4, -0.2) is 32.5 Å². The van der Waals surface area contributed by atoms with Crippen LogP contribution in [0.25, 0.3) is 0 Å². The van der Waals surface area contributed by atoms with Crippen molar-refractivity contribution in [3.63, 3.8) is 0 Å². The lowest BCUT2D eigenvalue weighted by atomic mass is 10.2. The van der Waals surface area contributed by atoms with E-state index in [1.54, 1.807) is 7.11 Å².